The molecule has 2 heterocycles. The number of hydrogen-bond donors (Lipinski definition) is 1. The van der Waals surface area contributed by atoms with E-state index in [1.165, 1.54) is 5.56 Å². The number of nitrogens with zero attached hydrogens (tertiary/aromatic N) is 2. The van der Waals surface area contributed by atoms with Gasteiger partial charge in [0, 0.05) is 43.4 Å². The molecule has 2 fully saturated rings. The molecule has 1 aromatic rings. The number of aryl methyl sites for hydroxylation is 2. The van der Waals surface area contributed by atoms with Crippen LogP contribution in [0.1, 0.15) is 21.5 Å². The molecule has 1 atom stereocenters. The van der Waals surface area contributed by atoms with Gasteiger partial charge in [-0.15, -0.1) is 11.8 Å². The first kappa shape index (κ1) is 16.3. The van der Waals surface area contributed by atoms with E-state index in [-0.39, 0.29) is 17.9 Å². The third-order valence-corrected chi connectivity index (χ3v) is 5.59. The lowest BCUT2D eigenvalue weighted by molar-refractivity contribution is -0.134. The standard InChI is InChI=1S/C17H23N3O2S/c1-12-3-4-14(9-13(12)2)16(21)19-5-7-20(8-6-19)17(22)15-10-23-11-18-15/h3-4,9,15,18H,5-8,10-11H2,1-2H3. The molecule has 23 heavy (non-hydrogen) atoms. The predicted molar refractivity (Wildman–Crippen MR) is 92.6 cm³/mol. The van der Waals surface area contributed by atoms with Crippen molar-refractivity contribution in [1.82, 2.24) is 15.1 Å². The summed E-state index contributed by atoms with van der Waals surface area (Å²) in [5.41, 5.74) is 3.06. The molecule has 0 saturated carbocycles. The highest BCUT2D eigenvalue weighted by Gasteiger charge is 2.30. The maximum absolute atomic E-state index is 12.6. The lowest BCUT2D eigenvalue weighted by Crippen LogP contribution is -2.54. The molecule has 6 heteroatoms. The maximum atomic E-state index is 12.6. The van der Waals surface area contributed by atoms with Gasteiger partial charge in [0.05, 0.1) is 6.04 Å². The van der Waals surface area contributed by atoms with Gasteiger partial charge in [0.25, 0.3) is 5.91 Å². The van der Waals surface area contributed by atoms with Gasteiger partial charge in [0.15, 0.2) is 0 Å². The number of carbonyl (C=O) groups excluding carboxylic acids is 2. The van der Waals surface area contributed by atoms with E-state index in [0.717, 1.165) is 22.8 Å². The Kier molecular flexibility index (Phi) is 4.92. The summed E-state index contributed by atoms with van der Waals surface area (Å²) in [7, 11) is 0. The molecule has 0 spiro atoms. The summed E-state index contributed by atoms with van der Waals surface area (Å²) >= 11 is 1.76. The van der Waals surface area contributed by atoms with Crippen molar-refractivity contribution in [2.45, 2.75) is 19.9 Å². The second-order valence-corrected chi connectivity index (χ2v) is 7.22. The van der Waals surface area contributed by atoms with Crippen LogP contribution in [0.5, 0.6) is 0 Å². The Labute approximate surface area is 141 Å². The van der Waals surface area contributed by atoms with Crippen LogP contribution in [0.3, 0.4) is 0 Å². The molecule has 2 aliphatic heterocycles. The first-order valence-corrected chi connectivity index (χ1v) is 9.18. The van der Waals surface area contributed by atoms with E-state index in [2.05, 4.69) is 5.32 Å². The topological polar surface area (TPSA) is 52.7 Å². The summed E-state index contributed by atoms with van der Waals surface area (Å²) in [4.78, 5) is 28.7. The molecule has 2 amide bonds. The molecule has 0 aromatic heterocycles. The molecular weight excluding hydrogens is 310 g/mol. The van der Waals surface area contributed by atoms with Crippen LogP contribution in [0.2, 0.25) is 0 Å². The minimum Gasteiger partial charge on any atom is -0.338 e. The fraction of sp³-hybridized carbons (Fsp3) is 0.529. The first-order chi connectivity index (χ1) is 11.1. The highest BCUT2D eigenvalue weighted by atomic mass is 32.2. The number of benzene rings is 1. The Morgan fingerprint density at radius 1 is 1.09 bits per heavy atom. The van der Waals surface area contributed by atoms with Crippen molar-refractivity contribution in [2.24, 2.45) is 0 Å². The zero-order valence-corrected chi connectivity index (χ0v) is 14.5. The van der Waals surface area contributed by atoms with Crippen LogP contribution < -0.4 is 5.32 Å². The zero-order valence-electron chi connectivity index (χ0n) is 13.7. The number of amides is 2. The van der Waals surface area contributed by atoms with Gasteiger partial charge in [-0.2, -0.15) is 0 Å². The predicted octanol–water partition coefficient (Wildman–Crippen LogP) is 1.25. The van der Waals surface area contributed by atoms with Crippen molar-refractivity contribution in [2.75, 3.05) is 37.8 Å². The number of rotatable bonds is 2. The monoisotopic (exact) mass is 333 g/mol. The fourth-order valence-corrected chi connectivity index (χ4v) is 3.89. The molecule has 3 rings (SSSR count). The molecule has 5 nitrogen and oxygen atoms in total. The van der Waals surface area contributed by atoms with E-state index in [0.29, 0.717) is 26.2 Å². The Balaban J connectivity index is 1.58. The molecule has 2 saturated heterocycles. The van der Waals surface area contributed by atoms with Crippen molar-refractivity contribution in [3.05, 3.63) is 34.9 Å². The minimum absolute atomic E-state index is 0.0537. The Morgan fingerprint density at radius 2 is 1.78 bits per heavy atom. The summed E-state index contributed by atoms with van der Waals surface area (Å²) in [5.74, 6) is 1.94. The van der Waals surface area contributed by atoms with Crippen LogP contribution in [-0.2, 0) is 4.79 Å². The smallest absolute Gasteiger partial charge is 0.253 e. The Hall–Kier alpha value is -1.53. The maximum Gasteiger partial charge on any atom is 0.253 e. The molecule has 0 radical (unpaired) electrons. The lowest BCUT2D eigenvalue weighted by Gasteiger charge is -2.36. The molecule has 0 bridgehead atoms. The van der Waals surface area contributed by atoms with E-state index >= 15 is 0 Å². The highest BCUT2D eigenvalue weighted by Crippen LogP contribution is 2.16. The zero-order chi connectivity index (χ0) is 16.4. The quantitative estimate of drug-likeness (QED) is 0.885. The van der Waals surface area contributed by atoms with E-state index in [9.17, 15) is 9.59 Å². The number of hydrogen-bond acceptors (Lipinski definition) is 4. The number of nitrogens with one attached hydrogen (secondary N) is 1. The van der Waals surface area contributed by atoms with Crippen molar-refractivity contribution in [3.63, 3.8) is 0 Å². The van der Waals surface area contributed by atoms with Crippen LogP contribution in [0, 0.1) is 13.8 Å². The summed E-state index contributed by atoms with van der Waals surface area (Å²) in [5, 5.41) is 3.22. The largest absolute Gasteiger partial charge is 0.338 e. The second-order valence-electron chi connectivity index (χ2n) is 6.19. The van der Waals surface area contributed by atoms with Gasteiger partial charge in [-0.3, -0.25) is 14.9 Å². The summed E-state index contributed by atoms with van der Waals surface area (Å²) in [6.07, 6.45) is 0. The third kappa shape index (κ3) is 3.53. The normalized spacial score (nSPS) is 21.6. The van der Waals surface area contributed by atoms with Crippen LogP contribution in [-0.4, -0.2) is 65.5 Å². The van der Waals surface area contributed by atoms with Gasteiger partial charge >= 0.3 is 0 Å². The molecule has 1 unspecified atom stereocenters. The number of piperazine rings is 1. The summed E-state index contributed by atoms with van der Waals surface area (Å²) in [6, 6.07) is 5.78. The third-order valence-electron chi connectivity index (χ3n) is 4.65. The molecular formula is C17H23N3O2S. The van der Waals surface area contributed by atoms with Crippen molar-refractivity contribution >= 4 is 23.6 Å². The Morgan fingerprint density at radius 3 is 2.39 bits per heavy atom. The van der Waals surface area contributed by atoms with E-state index in [4.69, 9.17) is 0 Å². The van der Waals surface area contributed by atoms with Gasteiger partial charge in [-0.05, 0) is 37.1 Å². The molecule has 2 aliphatic rings. The summed E-state index contributed by atoms with van der Waals surface area (Å²) in [6.45, 7) is 6.53. The second kappa shape index (κ2) is 6.93. The SMILES string of the molecule is Cc1ccc(C(=O)N2CCN(C(=O)C3CSCN3)CC2)cc1C. The van der Waals surface area contributed by atoms with Gasteiger partial charge in [-0.25, -0.2) is 0 Å². The molecule has 0 aliphatic carbocycles. The first-order valence-electron chi connectivity index (χ1n) is 8.02. The fourth-order valence-electron chi connectivity index (χ4n) is 2.96. The molecule has 1 aromatic carbocycles. The van der Waals surface area contributed by atoms with E-state index < -0.39 is 0 Å². The minimum atomic E-state index is -0.0537. The van der Waals surface area contributed by atoms with Gasteiger partial charge in [0.2, 0.25) is 5.91 Å². The number of thioether (sulfide) groups is 1. The lowest BCUT2D eigenvalue weighted by atomic mass is 10.1. The molecule has 1 N–H and O–H groups in total. The Bertz CT molecular complexity index is 606. The van der Waals surface area contributed by atoms with Crippen molar-refractivity contribution < 1.29 is 9.59 Å². The van der Waals surface area contributed by atoms with Gasteiger partial charge < -0.3 is 9.80 Å². The van der Waals surface area contributed by atoms with E-state index in [1.54, 1.807) is 11.8 Å². The number of carbonyl (C=O) groups is 2. The van der Waals surface area contributed by atoms with Crippen LogP contribution in [0.4, 0.5) is 0 Å². The van der Waals surface area contributed by atoms with Crippen LogP contribution >= 0.6 is 11.8 Å². The average Bonchev–Trinajstić information content (AvgIpc) is 3.11. The summed E-state index contributed by atoms with van der Waals surface area (Å²) < 4.78 is 0. The van der Waals surface area contributed by atoms with E-state index in [1.807, 2.05) is 41.8 Å². The van der Waals surface area contributed by atoms with Gasteiger partial charge in [0.1, 0.15) is 0 Å². The van der Waals surface area contributed by atoms with Crippen molar-refractivity contribution in [3.8, 4) is 0 Å². The highest BCUT2D eigenvalue weighted by molar-refractivity contribution is 7.99. The molecule has 124 valence electrons. The van der Waals surface area contributed by atoms with Crippen molar-refractivity contribution in [1.29, 1.82) is 0 Å². The van der Waals surface area contributed by atoms with Crippen LogP contribution in [0.25, 0.3) is 0 Å². The van der Waals surface area contributed by atoms with Crippen LogP contribution in [0.15, 0.2) is 18.2 Å². The average molecular weight is 333 g/mol. The van der Waals surface area contributed by atoms with Gasteiger partial charge in [-0.1, -0.05) is 6.07 Å².